The number of esters is 1. The molecule has 17 heavy (non-hydrogen) atoms. The molecule has 0 aromatic heterocycles. The number of rotatable bonds is 4. The minimum absolute atomic E-state index is 0.390. The van der Waals surface area contributed by atoms with Gasteiger partial charge in [0, 0.05) is 6.07 Å². The van der Waals surface area contributed by atoms with Gasteiger partial charge in [0.2, 0.25) is 5.75 Å². The van der Waals surface area contributed by atoms with Gasteiger partial charge < -0.3 is 4.74 Å². The molecule has 0 aliphatic carbocycles. The molecule has 0 atom stereocenters. The molecule has 1 aromatic carbocycles. The molecule has 0 bridgehead atoms. The Morgan fingerprint density at radius 3 is 2.41 bits per heavy atom. The Morgan fingerprint density at radius 2 is 1.94 bits per heavy atom. The Morgan fingerprint density at radius 1 is 1.29 bits per heavy atom. The fourth-order valence-electron chi connectivity index (χ4n) is 1.11. The molecule has 0 saturated carbocycles. The van der Waals surface area contributed by atoms with Crippen LogP contribution in [0.15, 0.2) is 18.2 Å². The third-order valence-electron chi connectivity index (χ3n) is 1.76. The highest BCUT2D eigenvalue weighted by atomic mass is 17.0. The number of ether oxygens (including phenoxy) is 1. The fraction of sp³-hybridized carbons (Fsp3) is 0.125. The predicted molar refractivity (Wildman–Crippen MR) is 52.1 cm³/mol. The maximum absolute atomic E-state index is 11.2. The zero-order chi connectivity index (χ0) is 13.0. The molecule has 9 heteroatoms. The van der Waals surface area contributed by atoms with Gasteiger partial charge in [-0.05, 0) is 6.07 Å². The van der Waals surface area contributed by atoms with Crippen LogP contribution in [0.25, 0.3) is 0 Å². The second kappa shape index (κ2) is 4.88. The maximum atomic E-state index is 11.2. The SMILES string of the molecule is COC(=O)c1cccc([N+](=O)[O-])c1O[N+](=O)[O-]. The zero-order valence-electron chi connectivity index (χ0n) is 8.48. The van der Waals surface area contributed by atoms with Gasteiger partial charge in [-0.3, -0.25) is 15.0 Å². The first-order valence-electron chi connectivity index (χ1n) is 4.15. The van der Waals surface area contributed by atoms with E-state index in [1.54, 1.807) is 0 Å². The summed E-state index contributed by atoms with van der Waals surface area (Å²) in [7, 11) is 1.04. The topological polar surface area (TPSA) is 122 Å². The van der Waals surface area contributed by atoms with E-state index in [9.17, 15) is 25.0 Å². The van der Waals surface area contributed by atoms with E-state index in [4.69, 9.17) is 0 Å². The number of para-hydroxylation sites is 1. The van der Waals surface area contributed by atoms with Crippen LogP contribution in [0.2, 0.25) is 0 Å². The largest absolute Gasteiger partial charge is 0.465 e. The Balaban J connectivity index is 3.38. The van der Waals surface area contributed by atoms with Gasteiger partial charge in [0.25, 0.3) is 10.8 Å². The number of benzene rings is 1. The van der Waals surface area contributed by atoms with E-state index in [2.05, 4.69) is 9.57 Å². The summed E-state index contributed by atoms with van der Waals surface area (Å²) in [5, 5.41) is 19.6. The number of nitro benzene ring substituents is 1. The standard InChI is InChI=1S/C8H6N2O7/c1-16-8(11)5-3-2-4-6(9(12)13)7(5)17-10(14)15/h2-4H,1H3. The average molecular weight is 242 g/mol. The van der Waals surface area contributed by atoms with Gasteiger partial charge in [0.05, 0.1) is 17.6 Å². The van der Waals surface area contributed by atoms with Crippen LogP contribution < -0.4 is 4.84 Å². The van der Waals surface area contributed by atoms with Crippen LogP contribution in [-0.2, 0) is 4.74 Å². The van der Waals surface area contributed by atoms with Crippen molar-refractivity contribution in [3.05, 3.63) is 44.0 Å². The van der Waals surface area contributed by atoms with Crippen molar-refractivity contribution in [2.45, 2.75) is 0 Å². The summed E-state index contributed by atoms with van der Waals surface area (Å²) in [5.74, 6) is -1.72. The molecular weight excluding hydrogens is 236 g/mol. The van der Waals surface area contributed by atoms with Crippen LogP contribution in [0.1, 0.15) is 10.4 Å². The summed E-state index contributed by atoms with van der Waals surface area (Å²) in [6, 6.07) is 3.29. The first-order chi connectivity index (χ1) is 7.97. The molecule has 0 amide bonds. The third-order valence-corrected chi connectivity index (χ3v) is 1.76. The molecule has 0 spiro atoms. The number of carbonyl (C=O) groups is 1. The van der Waals surface area contributed by atoms with Crippen LogP contribution in [0, 0.1) is 20.2 Å². The molecule has 1 aromatic rings. The number of nitro groups is 1. The van der Waals surface area contributed by atoms with Gasteiger partial charge in [-0.25, -0.2) is 4.79 Å². The smallest absolute Gasteiger partial charge is 0.340 e. The summed E-state index contributed by atoms with van der Waals surface area (Å²) in [4.78, 5) is 35.2. The molecule has 0 aliphatic heterocycles. The van der Waals surface area contributed by atoms with E-state index in [-0.39, 0.29) is 0 Å². The van der Waals surface area contributed by atoms with Crippen LogP contribution >= 0.6 is 0 Å². The first-order valence-corrected chi connectivity index (χ1v) is 4.15. The Labute approximate surface area is 93.8 Å². The molecule has 0 unspecified atom stereocenters. The zero-order valence-corrected chi connectivity index (χ0v) is 8.48. The van der Waals surface area contributed by atoms with E-state index in [0.29, 0.717) is 0 Å². The summed E-state index contributed by atoms with van der Waals surface area (Å²) >= 11 is 0. The number of hydrogen-bond acceptors (Lipinski definition) is 7. The van der Waals surface area contributed by atoms with E-state index in [1.807, 2.05) is 0 Å². The minimum atomic E-state index is -1.24. The summed E-state index contributed by atoms with van der Waals surface area (Å²) in [5.41, 5.74) is -1.08. The average Bonchev–Trinajstić information content (AvgIpc) is 2.27. The van der Waals surface area contributed by atoms with Gasteiger partial charge in [-0.2, -0.15) is 0 Å². The van der Waals surface area contributed by atoms with Gasteiger partial charge >= 0.3 is 5.97 Å². The van der Waals surface area contributed by atoms with Gasteiger partial charge in [-0.15, -0.1) is 10.1 Å². The van der Waals surface area contributed by atoms with Crippen molar-refractivity contribution in [3.63, 3.8) is 0 Å². The molecular formula is C8H6N2O7. The number of carbonyl (C=O) groups excluding carboxylic acids is 1. The van der Waals surface area contributed by atoms with Gasteiger partial charge in [-0.1, -0.05) is 6.07 Å². The second-order valence-electron chi connectivity index (χ2n) is 2.72. The summed E-state index contributed by atoms with van der Waals surface area (Å²) < 4.78 is 4.33. The van der Waals surface area contributed by atoms with E-state index in [1.165, 1.54) is 6.07 Å². The van der Waals surface area contributed by atoms with Gasteiger partial charge in [0.1, 0.15) is 0 Å². The van der Waals surface area contributed by atoms with Crippen molar-refractivity contribution in [1.29, 1.82) is 0 Å². The normalized spacial score (nSPS) is 9.47. The lowest BCUT2D eigenvalue weighted by Crippen LogP contribution is -2.11. The number of nitrogens with zero attached hydrogens (tertiary/aromatic N) is 2. The first kappa shape index (κ1) is 12.4. The Kier molecular flexibility index (Phi) is 3.55. The lowest BCUT2D eigenvalue weighted by molar-refractivity contribution is -0.711. The van der Waals surface area contributed by atoms with Crippen LogP contribution in [0.3, 0.4) is 0 Å². The quantitative estimate of drug-likeness (QED) is 0.437. The maximum Gasteiger partial charge on any atom is 0.340 e. The molecule has 9 nitrogen and oxygen atoms in total. The lowest BCUT2D eigenvalue weighted by Gasteiger charge is -2.05. The van der Waals surface area contributed by atoms with E-state index < -0.39 is 33.0 Å². The van der Waals surface area contributed by atoms with Crippen LogP contribution in [0.4, 0.5) is 5.69 Å². The number of hydrogen-bond donors (Lipinski definition) is 0. The highest BCUT2D eigenvalue weighted by Crippen LogP contribution is 2.31. The van der Waals surface area contributed by atoms with E-state index in [0.717, 1.165) is 19.2 Å². The van der Waals surface area contributed by atoms with Crippen molar-refractivity contribution in [2.24, 2.45) is 0 Å². The molecule has 1 rings (SSSR count). The number of methoxy groups -OCH3 is 1. The van der Waals surface area contributed by atoms with Crippen LogP contribution in [-0.4, -0.2) is 23.1 Å². The molecule has 0 N–H and O–H groups in total. The van der Waals surface area contributed by atoms with Crippen molar-refractivity contribution < 1.29 is 24.4 Å². The molecule has 0 saturated heterocycles. The summed E-state index contributed by atoms with van der Waals surface area (Å²) in [6.45, 7) is 0. The highest BCUT2D eigenvalue weighted by Gasteiger charge is 2.25. The Bertz CT molecular complexity index is 485. The highest BCUT2D eigenvalue weighted by molar-refractivity contribution is 5.93. The molecule has 0 heterocycles. The van der Waals surface area contributed by atoms with Gasteiger partial charge in [0.15, 0.2) is 0 Å². The lowest BCUT2D eigenvalue weighted by atomic mass is 10.2. The van der Waals surface area contributed by atoms with Crippen molar-refractivity contribution in [1.82, 2.24) is 0 Å². The predicted octanol–water partition coefficient (Wildman–Crippen LogP) is 0.952. The Hall–Kier alpha value is -2.71. The third kappa shape index (κ3) is 2.65. The molecule has 0 radical (unpaired) electrons. The minimum Gasteiger partial charge on any atom is -0.465 e. The fourth-order valence-corrected chi connectivity index (χ4v) is 1.11. The molecule has 0 fully saturated rings. The second-order valence-corrected chi connectivity index (χ2v) is 2.72. The molecule has 90 valence electrons. The van der Waals surface area contributed by atoms with E-state index >= 15 is 0 Å². The van der Waals surface area contributed by atoms with Crippen molar-refractivity contribution >= 4 is 11.7 Å². The van der Waals surface area contributed by atoms with Crippen molar-refractivity contribution in [2.75, 3.05) is 7.11 Å². The monoisotopic (exact) mass is 242 g/mol. The van der Waals surface area contributed by atoms with Crippen molar-refractivity contribution in [3.8, 4) is 5.75 Å². The summed E-state index contributed by atoms with van der Waals surface area (Å²) in [6.07, 6.45) is 0. The van der Waals surface area contributed by atoms with Crippen LogP contribution in [0.5, 0.6) is 5.75 Å². The molecule has 0 aliphatic rings.